The fraction of sp³-hybridized carbons (Fsp3) is 0.400. The Hall–Kier alpha value is -2.70. The Bertz CT molecular complexity index is 1070. The number of carbonyl (C=O) groups is 3. The van der Waals surface area contributed by atoms with Crippen LogP contribution in [0.25, 0.3) is 0 Å². The van der Waals surface area contributed by atoms with Crippen LogP contribution in [0.15, 0.2) is 42.5 Å². The fourth-order valence-electron chi connectivity index (χ4n) is 4.92. The number of rotatable bonds is 6. The standard InChI is InChI=1S/C25H25ClN2O4/c26-18-7-5-17(6-8-18)25(10-2-11-25)15-27-22(29)16-4-9-20-21(13-16)24(31)28(23(20)30)14-19-3-1-12-32-19/h4-9,13,19H,1-3,10-12,14-15H2,(H,27,29). The van der Waals surface area contributed by atoms with Gasteiger partial charge in [0.1, 0.15) is 0 Å². The van der Waals surface area contributed by atoms with Crippen LogP contribution < -0.4 is 5.32 Å². The number of imide groups is 1. The lowest BCUT2D eigenvalue weighted by Crippen LogP contribution is -2.45. The average Bonchev–Trinajstić information content (AvgIpc) is 3.37. The molecule has 3 amide bonds. The van der Waals surface area contributed by atoms with Gasteiger partial charge in [0.25, 0.3) is 17.7 Å². The highest BCUT2D eigenvalue weighted by atomic mass is 35.5. The summed E-state index contributed by atoms with van der Waals surface area (Å²) in [5.41, 5.74) is 2.11. The summed E-state index contributed by atoms with van der Waals surface area (Å²) in [7, 11) is 0. The normalized spacial score (nSPS) is 21.4. The Kier molecular flexibility index (Phi) is 5.51. The highest BCUT2D eigenvalue weighted by Crippen LogP contribution is 2.43. The molecule has 3 aliphatic rings. The Labute approximate surface area is 191 Å². The van der Waals surface area contributed by atoms with Gasteiger partial charge >= 0.3 is 0 Å². The topological polar surface area (TPSA) is 75.7 Å². The quantitative estimate of drug-likeness (QED) is 0.673. The van der Waals surface area contributed by atoms with E-state index in [1.807, 2.05) is 24.3 Å². The van der Waals surface area contributed by atoms with Crippen molar-refractivity contribution >= 4 is 29.3 Å². The summed E-state index contributed by atoms with van der Waals surface area (Å²) in [6.07, 6.45) is 4.81. The molecular weight excluding hydrogens is 428 g/mol. The molecule has 1 N–H and O–H groups in total. The lowest BCUT2D eigenvalue weighted by Gasteiger charge is -2.42. The summed E-state index contributed by atoms with van der Waals surface area (Å²) in [4.78, 5) is 39.7. The van der Waals surface area contributed by atoms with Crippen molar-refractivity contribution in [3.63, 3.8) is 0 Å². The molecular formula is C25H25ClN2O4. The third-order valence-corrected chi connectivity index (χ3v) is 7.25. The van der Waals surface area contributed by atoms with Crippen molar-refractivity contribution in [3.05, 3.63) is 69.7 Å². The molecule has 6 nitrogen and oxygen atoms in total. The Morgan fingerprint density at radius 2 is 1.81 bits per heavy atom. The second-order valence-corrected chi connectivity index (χ2v) is 9.38. The van der Waals surface area contributed by atoms with Gasteiger partial charge in [-0.15, -0.1) is 0 Å². The van der Waals surface area contributed by atoms with Crippen molar-refractivity contribution in [3.8, 4) is 0 Å². The minimum absolute atomic E-state index is 0.0825. The molecule has 0 spiro atoms. The van der Waals surface area contributed by atoms with Gasteiger partial charge in [-0.1, -0.05) is 30.2 Å². The highest BCUT2D eigenvalue weighted by molar-refractivity contribution is 6.30. The maximum Gasteiger partial charge on any atom is 0.261 e. The molecule has 2 aromatic carbocycles. The summed E-state index contributed by atoms with van der Waals surface area (Å²) in [5.74, 6) is -0.916. The third kappa shape index (κ3) is 3.71. The third-order valence-electron chi connectivity index (χ3n) is 7.00. The molecule has 7 heteroatoms. The molecule has 1 saturated heterocycles. The minimum Gasteiger partial charge on any atom is -0.376 e. The van der Waals surface area contributed by atoms with Crippen LogP contribution in [0.2, 0.25) is 5.02 Å². The minimum atomic E-state index is -0.355. The average molecular weight is 453 g/mol. The summed E-state index contributed by atoms with van der Waals surface area (Å²) >= 11 is 6.02. The number of halogens is 1. The summed E-state index contributed by atoms with van der Waals surface area (Å²) in [6.45, 7) is 1.44. The van der Waals surface area contributed by atoms with Gasteiger partial charge in [0.2, 0.25) is 0 Å². The zero-order chi connectivity index (χ0) is 22.3. The van der Waals surface area contributed by atoms with Gasteiger partial charge in [-0.2, -0.15) is 0 Å². The van der Waals surface area contributed by atoms with Crippen LogP contribution in [0.3, 0.4) is 0 Å². The first kappa shape index (κ1) is 21.2. The van der Waals surface area contributed by atoms with Gasteiger partial charge in [-0.3, -0.25) is 19.3 Å². The van der Waals surface area contributed by atoms with Crippen LogP contribution in [0.5, 0.6) is 0 Å². The van der Waals surface area contributed by atoms with E-state index in [1.54, 1.807) is 12.1 Å². The van der Waals surface area contributed by atoms with E-state index in [1.165, 1.54) is 16.5 Å². The van der Waals surface area contributed by atoms with Crippen LogP contribution in [0, 0.1) is 0 Å². The van der Waals surface area contributed by atoms with E-state index in [0.29, 0.717) is 29.3 Å². The molecule has 1 aliphatic carbocycles. The molecule has 2 fully saturated rings. The van der Waals surface area contributed by atoms with E-state index in [2.05, 4.69) is 5.32 Å². The van der Waals surface area contributed by atoms with Crippen molar-refractivity contribution in [1.82, 2.24) is 10.2 Å². The monoisotopic (exact) mass is 452 g/mol. The number of hydrogen-bond donors (Lipinski definition) is 1. The van der Waals surface area contributed by atoms with Crippen molar-refractivity contribution in [2.75, 3.05) is 19.7 Å². The number of amides is 3. The predicted molar refractivity (Wildman–Crippen MR) is 120 cm³/mol. The molecule has 2 aromatic rings. The van der Waals surface area contributed by atoms with Crippen molar-refractivity contribution < 1.29 is 19.1 Å². The Morgan fingerprint density at radius 3 is 2.47 bits per heavy atom. The van der Waals surface area contributed by atoms with Crippen LogP contribution in [0.4, 0.5) is 0 Å². The maximum absolute atomic E-state index is 12.9. The first-order valence-electron chi connectivity index (χ1n) is 11.1. The van der Waals surface area contributed by atoms with E-state index >= 15 is 0 Å². The molecule has 1 atom stereocenters. The predicted octanol–water partition coefficient (Wildman–Crippen LogP) is 3.97. The molecule has 32 heavy (non-hydrogen) atoms. The number of fused-ring (bicyclic) bond motifs is 1. The van der Waals surface area contributed by atoms with Crippen molar-refractivity contribution in [2.24, 2.45) is 0 Å². The fourth-order valence-corrected chi connectivity index (χ4v) is 5.04. The lowest BCUT2D eigenvalue weighted by molar-refractivity contribution is 0.0475. The Balaban J connectivity index is 1.29. The molecule has 2 heterocycles. The molecule has 166 valence electrons. The van der Waals surface area contributed by atoms with Gasteiger partial charge < -0.3 is 10.1 Å². The second kappa shape index (κ2) is 8.34. The van der Waals surface area contributed by atoms with E-state index in [-0.39, 0.29) is 41.3 Å². The molecule has 1 unspecified atom stereocenters. The van der Waals surface area contributed by atoms with Crippen LogP contribution >= 0.6 is 11.6 Å². The number of ether oxygens (including phenoxy) is 1. The van der Waals surface area contributed by atoms with Gasteiger partial charge in [0.05, 0.1) is 23.8 Å². The summed E-state index contributed by atoms with van der Waals surface area (Å²) < 4.78 is 5.58. The van der Waals surface area contributed by atoms with Gasteiger partial charge in [0.15, 0.2) is 0 Å². The lowest BCUT2D eigenvalue weighted by atomic mass is 9.64. The number of nitrogens with one attached hydrogen (secondary N) is 1. The first-order valence-corrected chi connectivity index (χ1v) is 11.5. The van der Waals surface area contributed by atoms with Gasteiger partial charge in [-0.25, -0.2) is 0 Å². The van der Waals surface area contributed by atoms with Crippen molar-refractivity contribution in [2.45, 2.75) is 43.6 Å². The molecule has 2 aliphatic heterocycles. The van der Waals surface area contributed by atoms with Crippen LogP contribution in [-0.2, 0) is 10.2 Å². The van der Waals surface area contributed by atoms with Crippen LogP contribution in [0.1, 0.15) is 68.7 Å². The van der Waals surface area contributed by atoms with Gasteiger partial charge in [0, 0.05) is 29.2 Å². The molecule has 5 rings (SSSR count). The number of hydrogen-bond acceptors (Lipinski definition) is 4. The highest BCUT2D eigenvalue weighted by Gasteiger charge is 2.40. The SMILES string of the molecule is O=C(NCC1(c2ccc(Cl)cc2)CCC1)c1ccc2c(c1)C(=O)N(CC1CCCO1)C2=O. The summed E-state index contributed by atoms with van der Waals surface area (Å²) in [5, 5.41) is 3.73. The zero-order valence-electron chi connectivity index (χ0n) is 17.7. The van der Waals surface area contributed by atoms with E-state index in [0.717, 1.165) is 32.1 Å². The largest absolute Gasteiger partial charge is 0.376 e. The van der Waals surface area contributed by atoms with Gasteiger partial charge in [-0.05, 0) is 61.6 Å². The number of carbonyl (C=O) groups excluding carboxylic acids is 3. The molecule has 0 bridgehead atoms. The number of benzene rings is 2. The zero-order valence-corrected chi connectivity index (χ0v) is 18.5. The van der Waals surface area contributed by atoms with Crippen LogP contribution in [-0.4, -0.2) is 48.4 Å². The molecule has 0 aromatic heterocycles. The molecule has 1 saturated carbocycles. The molecule has 0 radical (unpaired) electrons. The van der Waals surface area contributed by atoms with E-state index < -0.39 is 0 Å². The smallest absolute Gasteiger partial charge is 0.261 e. The summed E-state index contributed by atoms with van der Waals surface area (Å²) in [6, 6.07) is 12.5. The first-order chi connectivity index (χ1) is 15.5. The Morgan fingerprint density at radius 1 is 1.06 bits per heavy atom. The van der Waals surface area contributed by atoms with E-state index in [4.69, 9.17) is 16.3 Å². The van der Waals surface area contributed by atoms with Crippen molar-refractivity contribution in [1.29, 1.82) is 0 Å². The number of nitrogens with zero attached hydrogens (tertiary/aromatic N) is 1. The maximum atomic E-state index is 12.9. The van der Waals surface area contributed by atoms with E-state index in [9.17, 15) is 14.4 Å². The second-order valence-electron chi connectivity index (χ2n) is 8.94.